The molecule has 1 aliphatic heterocycles. The van der Waals surface area contributed by atoms with Crippen LogP contribution in [0.3, 0.4) is 0 Å². The van der Waals surface area contributed by atoms with Gasteiger partial charge in [0.25, 0.3) is 0 Å². The molecule has 108 valence electrons. The molecule has 3 N–H and O–H groups in total. The van der Waals surface area contributed by atoms with E-state index in [4.69, 9.17) is 4.74 Å². The van der Waals surface area contributed by atoms with Crippen LogP contribution in [-0.2, 0) is 16.8 Å². The predicted octanol–water partition coefficient (Wildman–Crippen LogP) is 2.04. The average molecular weight is 297 g/mol. The zero-order valence-corrected chi connectivity index (χ0v) is 12.1. The lowest BCUT2D eigenvalue weighted by atomic mass is 9.89. The molecule has 0 amide bonds. The van der Waals surface area contributed by atoms with Crippen molar-refractivity contribution < 1.29 is 14.6 Å². The van der Waals surface area contributed by atoms with Crippen molar-refractivity contribution in [1.82, 2.24) is 10.3 Å². The molecule has 5 nitrogen and oxygen atoms in total. The molecule has 3 rings (SSSR count). The molecule has 2 heterocycles. The van der Waals surface area contributed by atoms with Crippen LogP contribution in [0.5, 0.6) is 5.75 Å². The fourth-order valence-electron chi connectivity index (χ4n) is 2.75. The Morgan fingerprint density at radius 2 is 2.20 bits per heavy atom. The van der Waals surface area contributed by atoms with E-state index < -0.39 is 11.5 Å². The number of fused-ring (bicyclic) bond motifs is 3. The summed E-state index contributed by atoms with van der Waals surface area (Å²) in [5, 5.41) is 13.6. The summed E-state index contributed by atoms with van der Waals surface area (Å²) in [7, 11) is 1.63. The van der Waals surface area contributed by atoms with Crippen LogP contribution in [0.25, 0.3) is 10.9 Å². The van der Waals surface area contributed by atoms with Crippen molar-refractivity contribution in [3.05, 3.63) is 29.5 Å². The van der Waals surface area contributed by atoms with Crippen molar-refractivity contribution in [3.8, 4) is 5.75 Å². The lowest BCUT2D eigenvalue weighted by Crippen LogP contribution is -2.50. The number of ether oxygens (including phenoxy) is 1. The molecular formula is C14H17ClN2O3. The number of carbonyl (C=O) groups is 1. The van der Waals surface area contributed by atoms with Gasteiger partial charge in [-0.15, -0.1) is 12.4 Å². The second-order valence-electron chi connectivity index (χ2n) is 5.00. The number of hydrogen-bond donors (Lipinski definition) is 3. The third-order valence-corrected chi connectivity index (χ3v) is 3.89. The van der Waals surface area contributed by atoms with Crippen molar-refractivity contribution in [2.45, 2.75) is 18.9 Å². The summed E-state index contributed by atoms with van der Waals surface area (Å²) in [6.45, 7) is 2.35. The normalized spacial score (nSPS) is 21.1. The Labute approximate surface area is 122 Å². The van der Waals surface area contributed by atoms with E-state index in [1.807, 2.05) is 18.2 Å². The second-order valence-corrected chi connectivity index (χ2v) is 5.00. The maximum atomic E-state index is 11.5. The number of hydrogen-bond acceptors (Lipinski definition) is 3. The first-order valence-corrected chi connectivity index (χ1v) is 6.24. The Morgan fingerprint density at radius 1 is 1.45 bits per heavy atom. The third kappa shape index (κ3) is 1.94. The molecule has 1 aromatic carbocycles. The van der Waals surface area contributed by atoms with Gasteiger partial charge in [-0.3, -0.25) is 5.32 Å². The van der Waals surface area contributed by atoms with Gasteiger partial charge in [0, 0.05) is 17.4 Å². The first-order valence-electron chi connectivity index (χ1n) is 6.24. The van der Waals surface area contributed by atoms with E-state index >= 15 is 0 Å². The highest BCUT2D eigenvalue weighted by molar-refractivity contribution is 5.90. The number of H-pyrrole nitrogens is 1. The zero-order valence-electron chi connectivity index (χ0n) is 11.3. The van der Waals surface area contributed by atoms with Crippen LogP contribution in [-0.4, -0.2) is 29.7 Å². The summed E-state index contributed by atoms with van der Waals surface area (Å²) < 4.78 is 5.24. The molecule has 0 bridgehead atoms. The Bertz CT molecular complexity index is 668. The van der Waals surface area contributed by atoms with Crippen LogP contribution in [0.15, 0.2) is 18.2 Å². The lowest BCUT2D eigenvalue weighted by molar-refractivity contribution is -0.145. The monoisotopic (exact) mass is 296 g/mol. The first-order chi connectivity index (χ1) is 9.06. The van der Waals surface area contributed by atoms with E-state index in [-0.39, 0.29) is 12.4 Å². The van der Waals surface area contributed by atoms with Gasteiger partial charge in [-0.2, -0.15) is 0 Å². The highest BCUT2D eigenvalue weighted by Gasteiger charge is 2.41. The van der Waals surface area contributed by atoms with Crippen LogP contribution in [0.1, 0.15) is 18.2 Å². The molecule has 1 unspecified atom stereocenters. The maximum Gasteiger partial charge on any atom is 0.329 e. The van der Waals surface area contributed by atoms with Gasteiger partial charge < -0.3 is 14.8 Å². The van der Waals surface area contributed by atoms with Gasteiger partial charge in [0.1, 0.15) is 5.75 Å². The number of benzene rings is 1. The van der Waals surface area contributed by atoms with Crippen LogP contribution < -0.4 is 10.1 Å². The minimum Gasteiger partial charge on any atom is -0.497 e. The van der Waals surface area contributed by atoms with Crippen LogP contribution in [0, 0.1) is 0 Å². The van der Waals surface area contributed by atoms with Gasteiger partial charge in [0.2, 0.25) is 0 Å². The van der Waals surface area contributed by atoms with Gasteiger partial charge in [-0.25, -0.2) is 4.79 Å². The summed E-state index contributed by atoms with van der Waals surface area (Å²) in [5.74, 6) is -0.0863. The Balaban J connectivity index is 0.00000147. The number of aromatic nitrogens is 1. The SMILES string of the molecule is COc1ccc2[nH]c3c(c2c1)CCNC3(C)C(=O)O.Cl. The minimum absolute atomic E-state index is 0. The quantitative estimate of drug-likeness (QED) is 0.793. The molecule has 0 fully saturated rings. The Morgan fingerprint density at radius 3 is 2.85 bits per heavy atom. The van der Waals surface area contributed by atoms with Crippen LogP contribution in [0.2, 0.25) is 0 Å². The number of aliphatic carboxylic acids is 1. The fourth-order valence-corrected chi connectivity index (χ4v) is 2.75. The molecule has 6 heteroatoms. The molecule has 1 atom stereocenters. The molecule has 0 saturated heterocycles. The molecule has 0 saturated carbocycles. The van der Waals surface area contributed by atoms with Gasteiger partial charge in [0.15, 0.2) is 5.54 Å². The molecule has 1 aromatic heterocycles. The van der Waals surface area contributed by atoms with E-state index in [1.165, 1.54) is 0 Å². The number of carboxylic acids is 1. The minimum atomic E-state index is -1.06. The van der Waals surface area contributed by atoms with Crippen molar-refractivity contribution in [1.29, 1.82) is 0 Å². The summed E-state index contributed by atoms with van der Waals surface area (Å²) in [6.07, 6.45) is 0.811. The summed E-state index contributed by atoms with van der Waals surface area (Å²) in [4.78, 5) is 14.8. The summed E-state index contributed by atoms with van der Waals surface area (Å²) in [6, 6.07) is 5.75. The topological polar surface area (TPSA) is 74.3 Å². The molecule has 20 heavy (non-hydrogen) atoms. The van der Waals surface area contributed by atoms with E-state index in [2.05, 4.69) is 10.3 Å². The predicted molar refractivity (Wildman–Crippen MR) is 78.8 cm³/mol. The van der Waals surface area contributed by atoms with Crippen LogP contribution in [0.4, 0.5) is 0 Å². The average Bonchev–Trinajstić information content (AvgIpc) is 2.78. The third-order valence-electron chi connectivity index (χ3n) is 3.89. The van der Waals surface area contributed by atoms with E-state index in [9.17, 15) is 9.90 Å². The van der Waals surface area contributed by atoms with Crippen molar-refractivity contribution in [2.75, 3.05) is 13.7 Å². The lowest BCUT2D eigenvalue weighted by Gasteiger charge is -2.31. The number of carboxylic acid groups (broad SMARTS) is 1. The molecule has 1 aliphatic rings. The zero-order chi connectivity index (χ0) is 13.6. The Hall–Kier alpha value is -1.72. The first kappa shape index (κ1) is 14.7. The van der Waals surface area contributed by atoms with Crippen LogP contribution >= 0.6 is 12.4 Å². The fraction of sp³-hybridized carbons (Fsp3) is 0.357. The highest BCUT2D eigenvalue weighted by atomic mass is 35.5. The summed E-state index contributed by atoms with van der Waals surface area (Å²) in [5.41, 5.74) is 1.70. The second kappa shape index (κ2) is 5.00. The van der Waals surface area contributed by atoms with Gasteiger partial charge in [0.05, 0.1) is 12.8 Å². The highest BCUT2D eigenvalue weighted by Crippen LogP contribution is 2.35. The smallest absolute Gasteiger partial charge is 0.329 e. The molecule has 0 aliphatic carbocycles. The van der Waals surface area contributed by atoms with Crippen molar-refractivity contribution in [3.63, 3.8) is 0 Å². The van der Waals surface area contributed by atoms with E-state index in [1.54, 1.807) is 14.0 Å². The number of aromatic amines is 1. The number of methoxy groups -OCH3 is 1. The van der Waals surface area contributed by atoms with E-state index in [0.717, 1.165) is 34.3 Å². The van der Waals surface area contributed by atoms with Gasteiger partial charge in [-0.1, -0.05) is 0 Å². The molecule has 2 aromatic rings. The van der Waals surface area contributed by atoms with Crippen molar-refractivity contribution >= 4 is 29.3 Å². The molecule has 0 radical (unpaired) electrons. The molecular weight excluding hydrogens is 280 g/mol. The largest absolute Gasteiger partial charge is 0.497 e. The van der Waals surface area contributed by atoms with Gasteiger partial charge in [-0.05, 0) is 37.1 Å². The van der Waals surface area contributed by atoms with Crippen molar-refractivity contribution in [2.24, 2.45) is 0 Å². The van der Waals surface area contributed by atoms with Gasteiger partial charge >= 0.3 is 5.97 Å². The molecule has 0 spiro atoms. The number of nitrogens with one attached hydrogen (secondary N) is 2. The standard InChI is InChI=1S/C14H16N2O3.ClH/c1-14(13(17)18)12-9(5-6-15-14)10-7-8(19-2)3-4-11(10)16-12;/h3-4,7,15-16H,5-6H2,1-2H3,(H,17,18);1H. The maximum absolute atomic E-state index is 11.5. The number of halogens is 1. The number of rotatable bonds is 2. The van der Waals surface area contributed by atoms with E-state index in [0.29, 0.717) is 6.54 Å². The summed E-state index contributed by atoms with van der Waals surface area (Å²) >= 11 is 0. The Kier molecular flexibility index (Phi) is 3.67.